The molecule has 0 aliphatic rings. The number of carbonyl (C=O) groups is 1. The average molecular weight is 400 g/mol. The molecule has 0 aliphatic carbocycles. The van der Waals surface area contributed by atoms with Gasteiger partial charge in [-0.3, -0.25) is 0 Å². The van der Waals surface area contributed by atoms with Crippen molar-refractivity contribution in [3.63, 3.8) is 0 Å². The number of nitrogens with zero attached hydrogens (tertiary/aromatic N) is 2. The Balaban J connectivity index is 2.05. The van der Waals surface area contributed by atoms with Gasteiger partial charge in [-0.05, 0) is 0 Å². The number of hydrogen-bond acceptors (Lipinski definition) is 5. The van der Waals surface area contributed by atoms with Crippen LogP contribution in [0.25, 0.3) is 9.78 Å². The number of rotatable bonds is 3. The van der Waals surface area contributed by atoms with E-state index in [1.165, 1.54) is 18.5 Å². The Kier molecular flexibility index (Phi) is 4.21. The van der Waals surface area contributed by atoms with E-state index in [0.717, 1.165) is 15.3 Å². The summed E-state index contributed by atoms with van der Waals surface area (Å²) in [4.78, 5) is 19.4. The summed E-state index contributed by atoms with van der Waals surface area (Å²) < 4.78 is 19.5. The minimum atomic E-state index is -0.859. The summed E-state index contributed by atoms with van der Waals surface area (Å²) in [6, 6.07) is 4.28. The molecule has 23 heavy (non-hydrogen) atoms. The van der Waals surface area contributed by atoms with Crippen molar-refractivity contribution in [1.82, 2.24) is 9.97 Å². The quantitative estimate of drug-likeness (QED) is 0.661. The van der Waals surface area contributed by atoms with Gasteiger partial charge in [0.1, 0.15) is 0 Å². The van der Waals surface area contributed by atoms with E-state index >= 15 is 0 Å². The van der Waals surface area contributed by atoms with Crippen molar-refractivity contribution in [2.24, 2.45) is 5.73 Å². The van der Waals surface area contributed by atoms with Gasteiger partial charge in [0, 0.05) is 0 Å². The standard InChI is InChI=1S/C14H10ClFN4O2Se/c1-6-10-11(20-7-2-3-9(16)8(15)4-7)18-5-19-12(10)23-13(6)22-14(17)21/h2-5H,1H3,(H2,17,21)(H,18,19,20). The molecule has 0 bridgehead atoms. The number of anilines is 2. The topological polar surface area (TPSA) is 90.1 Å². The maximum atomic E-state index is 13.2. The number of primary amides is 1. The summed E-state index contributed by atoms with van der Waals surface area (Å²) >= 11 is 5.51. The van der Waals surface area contributed by atoms with Gasteiger partial charge in [0.05, 0.1) is 0 Å². The number of benzene rings is 1. The molecule has 2 heterocycles. The van der Waals surface area contributed by atoms with Crippen molar-refractivity contribution in [3.05, 3.63) is 40.9 Å². The number of halogens is 2. The van der Waals surface area contributed by atoms with Crippen molar-refractivity contribution < 1.29 is 13.9 Å². The van der Waals surface area contributed by atoms with Crippen molar-refractivity contribution in [2.75, 3.05) is 5.32 Å². The normalized spacial score (nSPS) is 10.7. The molecule has 0 radical (unpaired) electrons. The fourth-order valence-electron chi connectivity index (χ4n) is 2.05. The van der Waals surface area contributed by atoms with Crippen molar-refractivity contribution in [3.8, 4) is 4.62 Å². The molecular formula is C14H10ClFN4O2Se. The van der Waals surface area contributed by atoms with Gasteiger partial charge in [0.2, 0.25) is 0 Å². The van der Waals surface area contributed by atoms with Crippen molar-refractivity contribution in [1.29, 1.82) is 0 Å². The van der Waals surface area contributed by atoms with Crippen LogP contribution in [0.3, 0.4) is 0 Å². The third kappa shape index (κ3) is 3.14. The van der Waals surface area contributed by atoms with Gasteiger partial charge < -0.3 is 0 Å². The zero-order valence-corrected chi connectivity index (χ0v) is 14.2. The number of amides is 1. The SMILES string of the molecule is Cc1c(OC(N)=O)[se]c2ncnc(Nc3ccc(F)c(Cl)c3)c12. The van der Waals surface area contributed by atoms with Crippen LogP contribution in [0.1, 0.15) is 5.56 Å². The Morgan fingerprint density at radius 3 is 2.91 bits per heavy atom. The van der Waals surface area contributed by atoms with Crippen LogP contribution < -0.4 is 15.8 Å². The van der Waals surface area contributed by atoms with Gasteiger partial charge in [-0.25, -0.2) is 0 Å². The molecule has 118 valence electrons. The minimum absolute atomic E-state index is 0.00920. The average Bonchev–Trinajstić information content (AvgIpc) is 2.80. The van der Waals surface area contributed by atoms with E-state index in [1.54, 1.807) is 13.0 Å². The summed E-state index contributed by atoms with van der Waals surface area (Å²) in [7, 11) is 0. The number of aromatic nitrogens is 2. The molecule has 2 aromatic heterocycles. The molecule has 0 saturated carbocycles. The Morgan fingerprint density at radius 2 is 2.22 bits per heavy atom. The molecule has 3 N–H and O–H groups in total. The molecule has 3 rings (SSSR count). The van der Waals surface area contributed by atoms with Crippen LogP contribution in [0.5, 0.6) is 4.62 Å². The van der Waals surface area contributed by atoms with Gasteiger partial charge in [-0.1, -0.05) is 0 Å². The molecule has 0 atom stereocenters. The van der Waals surface area contributed by atoms with E-state index in [-0.39, 0.29) is 19.5 Å². The van der Waals surface area contributed by atoms with Gasteiger partial charge >= 0.3 is 141 Å². The van der Waals surface area contributed by atoms with Gasteiger partial charge in [0.15, 0.2) is 0 Å². The zero-order chi connectivity index (χ0) is 16.6. The first-order valence-electron chi connectivity index (χ1n) is 6.39. The second-order valence-electron chi connectivity index (χ2n) is 4.59. The molecule has 0 saturated heterocycles. The van der Waals surface area contributed by atoms with E-state index in [0.29, 0.717) is 16.1 Å². The van der Waals surface area contributed by atoms with Crippen LogP contribution in [-0.2, 0) is 0 Å². The van der Waals surface area contributed by atoms with Crippen LogP contribution in [0.2, 0.25) is 5.02 Å². The second-order valence-corrected chi connectivity index (χ2v) is 7.02. The van der Waals surface area contributed by atoms with Gasteiger partial charge in [-0.2, -0.15) is 0 Å². The number of hydrogen-bond donors (Lipinski definition) is 2. The van der Waals surface area contributed by atoms with E-state index in [2.05, 4.69) is 15.3 Å². The first-order chi connectivity index (χ1) is 11.0. The predicted octanol–water partition coefficient (Wildman–Crippen LogP) is 2.99. The first-order valence-corrected chi connectivity index (χ1v) is 8.48. The van der Waals surface area contributed by atoms with Crippen LogP contribution in [0.15, 0.2) is 24.5 Å². The number of fused-ring (bicyclic) bond motifs is 1. The Morgan fingerprint density at radius 1 is 1.43 bits per heavy atom. The second kappa shape index (κ2) is 6.16. The molecule has 0 spiro atoms. The predicted molar refractivity (Wildman–Crippen MR) is 86.1 cm³/mol. The summed E-state index contributed by atoms with van der Waals surface area (Å²) in [5.41, 5.74) is 6.41. The zero-order valence-electron chi connectivity index (χ0n) is 11.8. The molecule has 0 fully saturated rings. The van der Waals surface area contributed by atoms with Crippen molar-refractivity contribution in [2.45, 2.75) is 6.92 Å². The number of ether oxygens (including phenoxy) is 1. The molecule has 1 aromatic carbocycles. The summed E-state index contributed by atoms with van der Waals surface area (Å²) in [6.45, 7) is 1.80. The van der Waals surface area contributed by atoms with Crippen LogP contribution in [0, 0.1) is 12.7 Å². The third-order valence-corrected chi connectivity index (χ3v) is 5.61. The van der Waals surface area contributed by atoms with E-state index in [9.17, 15) is 9.18 Å². The number of aryl methyl sites for hydroxylation is 1. The number of nitrogens with one attached hydrogen (secondary N) is 1. The van der Waals surface area contributed by atoms with Crippen LogP contribution >= 0.6 is 11.6 Å². The van der Waals surface area contributed by atoms with Gasteiger partial charge in [0.25, 0.3) is 0 Å². The Labute approximate surface area is 141 Å². The third-order valence-electron chi connectivity index (χ3n) is 3.06. The Hall–Kier alpha value is -2.15. The fourth-order valence-corrected chi connectivity index (χ4v) is 4.34. The maximum absolute atomic E-state index is 13.2. The van der Waals surface area contributed by atoms with Crippen LogP contribution in [0.4, 0.5) is 20.7 Å². The number of nitrogens with two attached hydrogens (primary N) is 1. The molecule has 0 aliphatic heterocycles. The van der Waals surface area contributed by atoms with E-state index < -0.39 is 11.9 Å². The summed E-state index contributed by atoms with van der Waals surface area (Å²) in [5.74, 6) is 0.0295. The first kappa shape index (κ1) is 15.7. The van der Waals surface area contributed by atoms with E-state index in [1.807, 2.05) is 0 Å². The summed E-state index contributed by atoms with van der Waals surface area (Å²) in [6.07, 6.45) is 0.552. The monoisotopic (exact) mass is 400 g/mol. The summed E-state index contributed by atoms with van der Waals surface area (Å²) in [5, 5.41) is 3.84. The molecular weight excluding hydrogens is 390 g/mol. The van der Waals surface area contributed by atoms with Crippen molar-refractivity contribution >= 4 is 53.5 Å². The molecule has 9 heteroatoms. The fraction of sp³-hybridized carbons (Fsp3) is 0.0714. The van der Waals surface area contributed by atoms with E-state index in [4.69, 9.17) is 22.1 Å². The Bertz CT molecular complexity index is 915. The molecule has 1 amide bonds. The molecule has 3 aromatic rings. The number of carbonyl (C=O) groups excluding carboxylic acids is 1. The molecule has 6 nitrogen and oxygen atoms in total. The molecule has 0 unspecified atom stereocenters. The van der Waals surface area contributed by atoms with Gasteiger partial charge in [-0.15, -0.1) is 0 Å². The van der Waals surface area contributed by atoms with Crippen LogP contribution in [-0.4, -0.2) is 30.6 Å².